The van der Waals surface area contributed by atoms with E-state index in [9.17, 15) is 14.9 Å². The molecular formula is C19H23N3O5. The third-order valence-electron chi connectivity index (χ3n) is 4.12. The zero-order valence-corrected chi connectivity index (χ0v) is 16.1. The Kier molecular flexibility index (Phi) is 6.23. The van der Waals surface area contributed by atoms with Crippen molar-refractivity contribution in [3.8, 4) is 11.5 Å². The molecule has 2 rings (SSSR count). The van der Waals surface area contributed by atoms with Gasteiger partial charge in [-0.25, -0.2) is 0 Å². The molecule has 27 heavy (non-hydrogen) atoms. The molecule has 0 spiro atoms. The van der Waals surface area contributed by atoms with E-state index in [1.54, 1.807) is 58.5 Å². The van der Waals surface area contributed by atoms with Crippen LogP contribution in [-0.2, 0) is 6.54 Å². The molecule has 0 fully saturated rings. The van der Waals surface area contributed by atoms with E-state index >= 15 is 0 Å². The molecule has 0 aliphatic heterocycles. The summed E-state index contributed by atoms with van der Waals surface area (Å²) in [5.41, 5.74) is 1.62. The van der Waals surface area contributed by atoms with Crippen LogP contribution >= 0.6 is 0 Å². The number of nitro benzene ring substituents is 1. The van der Waals surface area contributed by atoms with Crippen molar-refractivity contribution in [2.45, 2.75) is 6.54 Å². The molecular weight excluding hydrogens is 350 g/mol. The second-order valence-corrected chi connectivity index (χ2v) is 6.20. The van der Waals surface area contributed by atoms with Gasteiger partial charge >= 0.3 is 0 Å². The summed E-state index contributed by atoms with van der Waals surface area (Å²) >= 11 is 0. The molecule has 0 N–H and O–H groups in total. The van der Waals surface area contributed by atoms with Gasteiger partial charge < -0.3 is 19.3 Å². The number of ether oxygens (including phenoxy) is 2. The highest BCUT2D eigenvalue weighted by molar-refractivity contribution is 6.00. The van der Waals surface area contributed by atoms with Crippen LogP contribution in [0.4, 0.5) is 11.4 Å². The molecule has 2 aromatic rings. The Balaban J connectivity index is 2.32. The van der Waals surface area contributed by atoms with Crippen LogP contribution in [0.15, 0.2) is 36.4 Å². The van der Waals surface area contributed by atoms with Gasteiger partial charge in [0.05, 0.1) is 24.7 Å². The standard InChI is InChI=1S/C19H23N3O5/c1-20(2)16-8-7-14(22(24)25)11-15(16)19(23)21(3)12-13-6-9-17(26-4)18(10-13)27-5/h6-11H,12H2,1-5H3. The number of anilines is 1. The molecule has 0 heterocycles. The second kappa shape index (κ2) is 8.39. The van der Waals surface area contributed by atoms with Gasteiger partial charge in [-0.15, -0.1) is 0 Å². The fourth-order valence-corrected chi connectivity index (χ4v) is 2.73. The molecule has 1 amide bonds. The number of nitro groups is 1. The first-order chi connectivity index (χ1) is 12.8. The minimum absolute atomic E-state index is 0.122. The molecule has 0 unspecified atom stereocenters. The van der Waals surface area contributed by atoms with Crippen LogP contribution in [0.25, 0.3) is 0 Å². The van der Waals surface area contributed by atoms with Crippen molar-refractivity contribution in [2.24, 2.45) is 0 Å². The van der Waals surface area contributed by atoms with Crippen molar-refractivity contribution in [2.75, 3.05) is 40.3 Å². The lowest BCUT2D eigenvalue weighted by Crippen LogP contribution is -2.28. The van der Waals surface area contributed by atoms with E-state index < -0.39 is 4.92 Å². The normalized spacial score (nSPS) is 10.3. The molecule has 8 heteroatoms. The third kappa shape index (κ3) is 4.46. The number of carbonyl (C=O) groups excluding carboxylic acids is 1. The Morgan fingerprint density at radius 3 is 2.26 bits per heavy atom. The summed E-state index contributed by atoms with van der Waals surface area (Å²) in [4.78, 5) is 26.8. The lowest BCUT2D eigenvalue weighted by Gasteiger charge is -2.22. The first kappa shape index (κ1) is 20.0. The van der Waals surface area contributed by atoms with Crippen molar-refractivity contribution >= 4 is 17.3 Å². The van der Waals surface area contributed by atoms with Gasteiger partial charge in [0.15, 0.2) is 11.5 Å². The van der Waals surface area contributed by atoms with Gasteiger partial charge in [0.1, 0.15) is 0 Å². The Hall–Kier alpha value is -3.29. The zero-order valence-electron chi connectivity index (χ0n) is 16.1. The van der Waals surface area contributed by atoms with Crippen LogP contribution in [0, 0.1) is 10.1 Å². The summed E-state index contributed by atoms with van der Waals surface area (Å²) in [6.45, 7) is 0.314. The zero-order chi connectivity index (χ0) is 20.1. The first-order valence-electron chi connectivity index (χ1n) is 8.20. The predicted octanol–water partition coefficient (Wildman–Crippen LogP) is 2.95. The lowest BCUT2D eigenvalue weighted by molar-refractivity contribution is -0.384. The molecule has 2 aromatic carbocycles. The van der Waals surface area contributed by atoms with Crippen LogP contribution < -0.4 is 14.4 Å². The largest absolute Gasteiger partial charge is 0.493 e. The number of non-ortho nitro benzene ring substituents is 1. The average Bonchev–Trinajstić information content (AvgIpc) is 2.66. The molecule has 0 aliphatic carbocycles. The quantitative estimate of drug-likeness (QED) is 0.548. The summed E-state index contributed by atoms with van der Waals surface area (Å²) in [6.07, 6.45) is 0. The fraction of sp³-hybridized carbons (Fsp3) is 0.316. The number of carbonyl (C=O) groups is 1. The van der Waals surface area contributed by atoms with Gasteiger partial charge in [-0.1, -0.05) is 6.07 Å². The molecule has 8 nitrogen and oxygen atoms in total. The summed E-state index contributed by atoms with van der Waals surface area (Å²) in [5, 5.41) is 11.1. The van der Waals surface area contributed by atoms with Crippen LogP contribution in [0.3, 0.4) is 0 Å². The molecule has 144 valence electrons. The minimum atomic E-state index is -0.509. The molecule has 0 aromatic heterocycles. The van der Waals surface area contributed by atoms with Gasteiger partial charge in [-0.05, 0) is 23.8 Å². The highest BCUT2D eigenvalue weighted by Crippen LogP contribution is 2.29. The van der Waals surface area contributed by atoms with Gasteiger partial charge in [0.2, 0.25) is 0 Å². The number of methoxy groups -OCH3 is 2. The SMILES string of the molecule is COc1ccc(CN(C)C(=O)c2cc([N+](=O)[O-])ccc2N(C)C)cc1OC. The number of amides is 1. The Bertz CT molecular complexity index is 851. The summed E-state index contributed by atoms with van der Waals surface area (Å²) < 4.78 is 10.5. The van der Waals surface area contributed by atoms with E-state index in [-0.39, 0.29) is 17.2 Å². The maximum Gasteiger partial charge on any atom is 0.270 e. The Labute approximate surface area is 158 Å². The monoisotopic (exact) mass is 373 g/mol. The number of rotatable bonds is 7. The van der Waals surface area contributed by atoms with Crippen molar-refractivity contribution in [3.63, 3.8) is 0 Å². The smallest absolute Gasteiger partial charge is 0.270 e. The maximum absolute atomic E-state index is 12.9. The number of benzene rings is 2. The molecule has 0 radical (unpaired) electrons. The van der Waals surface area contributed by atoms with Gasteiger partial charge in [-0.3, -0.25) is 14.9 Å². The Morgan fingerprint density at radius 2 is 1.70 bits per heavy atom. The van der Waals surface area contributed by atoms with Crippen LogP contribution in [0.1, 0.15) is 15.9 Å². The number of nitrogens with zero attached hydrogens (tertiary/aromatic N) is 3. The maximum atomic E-state index is 12.9. The number of hydrogen-bond donors (Lipinski definition) is 0. The van der Waals surface area contributed by atoms with E-state index in [4.69, 9.17) is 9.47 Å². The van der Waals surface area contributed by atoms with Crippen LogP contribution in [-0.4, -0.2) is 51.1 Å². The van der Waals surface area contributed by atoms with Crippen LogP contribution in [0.5, 0.6) is 11.5 Å². The molecule has 0 saturated heterocycles. The highest BCUT2D eigenvalue weighted by Gasteiger charge is 2.21. The summed E-state index contributed by atoms with van der Waals surface area (Å²) in [5.74, 6) is 0.862. The highest BCUT2D eigenvalue weighted by atomic mass is 16.6. The van der Waals surface area contributed by atoms with E-state index in [2.05, 4.69) is 0 Å². The average molecular weight is 373 g/mol. The van der Waals surface area contributed by atoms with Gasteiger partial charge in [0, 0.05) is 45.5 Å². The molecule has 0 aliphatic rings. The van der Waals surface area contributed by atoms with Gasteiger partial charge in [-0.2, -0.15) is 0 Å². The predicted molar refractivity (Wildman–Crippen MR) is 103 cm³/mol. The van der Waals surface area contributed by atoms with Crippen LogP contribution in [0.2, 0.25) is 0 Å². The third-order valence-corrected chi connectivity index (χ3v) is 4.12. The van der Waals surface area contributed by atoms with E-state index in [1.807, 2.05) is 6.07 Å². The number of hydrogen-bond acceptors (Lipinski definition) is 6. The van der Waals surface area contributed by atoms with Crippen molar-refractivity contribution in [3.05, 3.63) is 57.6 Å². The first-order valence-corrected chi connectivity index (χ1v) is 8.20. The van der Waals surface area contributed by atoms with E-state index in [0.29, 0.717) is 23.7 Å². The van der Waals surface area contributed by atoms with Gasteiger partial charge in [0.25, 0.3) is 11.6 Å². The summed E-state index contributed by atoms with van der Waals surface area (Å²) in [7, 11) is 8.32. The van der Waals surface area contributed by atoms with Crippen molar-refractivity contribution in [1.82, 2.24) is 4.90 Å². The van der Waals surface area contributed by atoms with E-state index in [0.717, 1.165) is 5.56 Å². The van der Waals surface area contributed by atoms with Crippen molar-refractivity contribution < 1.29 is 19.2 Å². The van der Waals surface area contributed by atoms with E-state index in [1.165, 1.54) is 17.0 Å². The summed E-state index contributed by atoms with van der Waals surface area (Å²) in [6, 6.07) is 9.68. The molecule has 0 atom stereocenters. The second-order valence-electron chi connectivity index (χ2n) is 6.20. The topological polar surface area (TPSA) is 85.1 Å². The molecule has 0 saturated carbocycles. The lowest BCUT2D eigenvalue weighted by atomic mass is 10.1. The molecule has 0 bridgehead atoms. The Morgan fingerprint density at radius 1 is 1.04 bits per heavy atom. The fourth-order valence-electron chi connectivity index (χ4n) is 2.73. The minimum Gasteiger partial charge on any atom is -0.493 e. The van der Waals surface area contributed by atoms with Crippen molar-refractivity contribution in [1.29, 1.82) is 0 Å².